The summed E-state index contributed by atoms with van der Waals surface area (Å²) in [5.41, 5.74) is 2.41. The number of nitrogens with one attached hydrogen (secondary N) is 1. The van der Waals surface area contributed by atoms with Gasteiger partial charge in [-0.2, -0.15) is 5.26 Å². The van der Waals surface area contributed by atoms with Crippen molar-refractivity contribution in [1.29, 1.82) is 5.26 Å². The first kappa shape index (κ1) is 15.1. The van der Waals surface area contributed by atoms with E-state index in [-0.39, 0.29) is 5.91 Å². The number of carbonyl (C=O) groups is 1. The third kappa shape index (κ3) is 3.61. The molecule has 4 nitrogen and oxygen atoms in total. The summed E-state index contributed by atoms with van der Waals surface area (Å²) in [6.07, 6.45) is 0. The molecule has 0 unspecified atom stereocenters. The highest BCUT2D eigenvalue weighted by Gasteiger charge is 2.10. The van der Waals surface area contributed by atoms with Gasteiger partial charge in [0.05, 0.1) is 11.3 Å². The van der Waals surface area contributed by atoms with Crippen LogP contribution >= 0.6 is 15.9 Å². The zero-order valence-corrected chi connectivity index (χ0v) is 13.3. The zero-order valence-electron chi connectivity index (χ0n) is 11.7. The summed E-state index contributed by atoms with van der Waals surface area (Å²) in [4.78, 5) is 14.2. The molecule has 2 aromatic rings. The molecule has 106 valence electrons. The van der Waals surface area contributed by atoms with Gasteiger partial charge in [-0.15, -0.1) is 0 Å². The Morgan fingerprint density at radius 1 is 1.24 bits per heavy atom. The third-order valence-corrected chi connectivity index (χ3v) is 3.47. The van der Waals surface area contributed by atoms with E-state index in [2.05, 4.69) is 27.3 Å². The molecule has 0 saturated heterocycles. The van der Waals surface area contributed by atoms with Gasteiger partial charge >= 0.3 is 0 Å². The van der Waals surface area contributed by atoms with E-state index in [1.807, 2.05) is 31.1 Å². The van der Waals surface area contributed by atoms with Gasteiger partial charge in [0.15, 0.2) is 0 Å². The quantitative estimate of drug-likeness (QED) is 0.925. The molecule has 1 amide bonds. The molecule has 21 heavy (non-hydrogen) atoms. The van der Waals surface area contributed by atoms with Crippen LogP contribution in [0.3, 0.4) is 0 Å². The Hall–Kier alpha value is -2.32. The summed E-state index contributed by atoms with van der Waals surface area (Å²) in [6, 6.07) is 14.5. The predicted molar refractivity (Wildman–Crippen MR) is 87.6 cm³/mol. The molecule has 0 aliphatic heterocycles. The molecular formula is C16H14BrN3O. The second-order valence-corrected chi connectivity index (χ2v) is 5.62. The number of hydrogen-bond donors (Lipinski definition) is 1. The minimum atomic E-state index is -0.238. The topological polar surface area (TPSA) is 56.1 Å². The lowest BCUT2D eigenvalue weighted by Gasteiger charge is -2.13. The van der Waals surface area contributed by atoms with E-state index in [1.165, 1.54) is 0 Å². The summed E-state index contributed by atoms with van der Waals surface area (Å²) in [6.45, 7) is 0. The van der Waals surface area contributed by atoms with Crippen molar-refractivity contribution in [2.45, 2.75) is 0 Å². The fourth-order valence-corrected chi connectivity index (χ4v) is 2.20. The second-order valence-electron chi connectivity index (χ2n) is 4.70. The average Bonchev–Trinajstić information content (AvgIpc) is 2.49. The normalized spacial score (nSPS) is 9.81. The fourth-order valence-electron chi connectivity index (χ4n) is 1.84. The van der Waals surface area contributed by atoms with Gasteiger partial charge in [0.1, 0.15) is 6.07 Å². The molecule has 2 aromatic carbocycles. The van der Waals surface area contributed by atoms with E-state index >= 15 is 0 Å². The number of benzene rings is 2. The second kappa shape index (κ2) is 6.42. The minimum absolute atomic E-state index is 0.238. The van der Waals surface area contributed by atoms with Crippen LogP contribution < -0.4 is 10.2 Å². The Balaban J connectivity index is 2.26. The third-order valence-electron chi connectivity index (χ3n) is 2.98. The highest BCUT2D eigenvalue weighted by atomic mass is 79.9. The molecule has 5 heteroatoms. The SMILES string of the molecule is CN(C)c1cccc(C(=O)Nc2ccc(Br)cc2C#N)c1. The van der Waals surface area contributed by atoms with Crippen molar-refractivity contribution < 1.29 is 4.79 Å². The van der Waals surface area contributed by atoms with Crippen LogP contribution in [-0.4, -0.2) is 20.0 Å². The van der Waals surface area contributed by atoms with Crippen LogP contribution in [0.2, 0.25) is 0 Å². The van der Waals surface area contributed by atoms with Crippen LogP contribution in [0, 0.1) is 11.3 Å². The lowest BCUT2D eigenvalue weighted by molar-refractivity contribution is 0.102. The first-order chi connectivity index (χ1) is 10.0. The number of carbonyl (C=O) groups excluding carboxylic acids is 1. The van der Waals surface area contributed by atoms with Crippen molar-refractivity contribution in [1.82, 2.24) is 0 Å². The molecule has 0 spiro atoms. The number of anilines is 2. The number of halogens is 1. The van der Waals surface area contributed by atoms with Crippen molar-refractivity contribution in [2.75, 3.05) is 24.3 Å². The molecule has 0 atom stereocenters. The van der Waals surface area contributed by atoms with Crippen LogP contribution in [0.5, 0.6) is 0 Å². The van der Waals surface area contributed by atoms with E-state index in [4.69, 9.17) is 5.26 Å². The van der Waals surface area contributed by atoms with E-state index < -0.39 is 0 Å². The minimum Gasteiger partial charge on any atom is -0.378 e. The highest BCUT2D eigenvalue weighted by Crippen LogP contribution is 2.21. The molecule has 0 bridgehead atoms. The van der Waals surface area contributed by atoms with Gasteiger partial charge in [-0.25, -0.2) is 0 Å². The monoisotopic (exact) mass is 343 g/mol. The van der Waals surface area contributed by atoms with Gasteiger partial charge in [0.2, 0.25) is 0 Å². The molecule has 0 aliphatic rings. The van der Waals surface area contributed by atoms with Crippen molar-refractivity contribution in [3.63, 3.8) is 0 Å². The number of nitriles is 1. The average molecular weight is 344 g/mol. The Kier molecular flexibility index (Phi) is 4.61. The van der Waals surface area contributed by atoms with Crippen LogP contribution in [0.4, 0.5) is 11.4 Å². The van der Waals surface area contributed by atoms with Gasteiger partial charge in [-0.3, -0.25) is 4.79 Å². The first-order valence-electron chi connectivity index (χ1n) is 6.29. The van der Waals surface area contributed by atoms with Crippen molar-refractivity contribution in [3.8, 4) is 6.07 Å². The van der Waals surface area contributed by atoms with Crippen LogP contribution in [0.15, 0.2) is 46.9 Å². The molecule has 1 N–H and O–H groups in total. The molecular weight excluding hydrogens is 330 g/mol. The summed E-state index contributed by atoms with van der Waals surface area (Å²) in [5, 5.41) is 11.9. The summed E-state index contributed by atoms with van der Waals surface area (Å²) >= 11 is 3.30. The summed E-state index contributed by atoms with van der Waals surface area (Å²) in [7, 11) is 3.83. The Bertz CT molecular complexity index is 720. The number of hydrogen-bond acceptors (Lipinski definition) is 3. The van der Waals surface area contributed by atoms with Crippen molar-refractivity contribution in [2.24, 2.45) is 0 Å². The molecule has 0 heterocycles. The van der Waals surface area contributed by atoms with E-state index in [9.17, 15) is 4.79 Å². The maximum atomic E-state index is 12.3. The van der Waals surface area contributed by atoms with Gasteiger partial charge in [0, 0.05) is 29.8 Å². The van der Waals surface area contributed by atoms with Crippen LogP contribution in [0.1, 0.15) is 15.9 Å². The van der Waals surface area contributed by atoms with E-state index in [1.54, 1.807) is 30.3 Å². The lowest BCUT2D eigenvalue weighted by atomic mass is 10.1. The number of amides is 1. The van der Waals surface area contributed by atoms with Crippen LogP contribution in [0.25, 0.3) is 0 Å². The van der Waals surface area contributed by atoms with Gasteiger partial charge in [-0.05, 0) is 36.4 Å². The van der Waals surface area contributed by atoms with Gasteiger partial charge < -0.3 is 10.2 Å². The van der Waals surface area contributed by atoms with Gasteiger partial charge in [-0.1, -0.05) is 22.0 Å². The zero-order chi connectivity index (χ0) is 15.4. The largest absolute Gasteiger partial charge is 0.378 e. The van der Waals surface area contributed by atoms with Crippen LogP contribution in [-0.2, 0) is 0 Å². The number of rotatable bonds is 3. The fraction of sp³-hybridized carbons (Fsp3) is 0.125. The molecule has 0 fully saturated rings. The molecule has 0 aromatic heterocycles. The van der Waals surface area contributed by atoms with Crippen molar-refractivity contribution in [3.05, 3.63) is 58.1 Å². The molecule has 0 aliphatic carbocycles. The standard InChI is InChI=1S/C16H14BrN3O/c1-20(2)14-5-3-4-11(9-14)16(21)19-15-7-6-13(17)8-12(15)10-18/h3-9H,1-2H3,(H,19,21). The lowest BCUT2D eigenvalue weighted by Crippen LogP contribution is -2.14. The van der Waals surface area contributed by atoms with Crippen molar-refractivity contribution >= 4 is 33.2 Å². The first-order valence-corrected chi connectivity index (χ1v) is 7.09. The summed E-state index contributed by atoms with van der Waals surface area (Å²) < 4.78 is 0.798. The Morgan fingerprint density at radius 3 is 2.67 bits per heavy atom. The maximum Gasteiger partial charge on any atom is 0.255 e. The highest BCUT2D eigenvalue weighted by molar-refractivity contribution is 9.10. The smallest absolute Gasteiger partial charge is 0.255 e. The molecule has 0 saturated carbocycles. The van der Waals surface area contributed by atoms with E-state index in [0.717, 1.165) is 10.2 Å². The Morgan fingerprint density at radius 2 is 2.00 bits per heavy atom. The molecule has 0 radical (unpaired) electrons. The Labute approximate surface area is 132 Å². The molecule has 2 rings (SSSR count). The number of nitrogens with zero attached hydrogens (tertiary/aromatic N) is 2. The van der Waals surface area contributed by atoms with E-state index in [0.29, 0.717) is 16.8 Å². The summed E-state index contributed by atoms with van der Waals surface area (Å²) in [5.74, 6) is -0.238. The maximum absolute atomic E-state index is 12.3. The van der Waals surface area contributed by atoms with Gasteiger partial charge in [0.25, 0.3) is 5.91 Å². The predicted octanol–water partition coefficient (Wildman–Crippen LogP) is 3.64.